The summed E-state index contributed by atoms with van der Waals surface area (Å²) in [4.78, 5) is 0. The van der Waals surface area contributed by atoms with Crippen LogP contribution in [-0.2, 0) is 11.2 Å². The Morgan fingerprint density at radius 3 is 2.92 bits per heavy atom. The van der Waals surface area contributed by atoms with Gasteiger partial charge in [-0.1, -0.05) is 11.3 Å². The molecule has 2 N–H and O–H groups in total. The van der Waals surface area contributed by atoms with Gasteiger partial charge in [-0.05, 0) is 19.9 Å². The Morgan fingerprint density at radius 1 is 1.54 bits per heavy atom. The van der Waals surface area contributed by atoms with E-state index in [0.29, 0.717) is 6.54 Å². The molecule has 1 heterocycles. The largest absolute Gasteiger partial charge is 0.374 e. The van der Waals surface area contributed by atoms with Gasteiger partial charge in [-0.15, -0.1) is 10.2 Å². The molecule has 0 spiro atoms. The maximum atomic E-state index is 5.40. The second kappa shape index (κ2) is 5.26. The number of hydrogen-bond acceptors (Lipinski definition) is 5. The van der Waals surface area contributed by atoms with Gasteiger partial charge >= 0.3 is 0 Å². The van der Waals surface area contributed by atoms with E-state index in [2.05, 4.69) is 10.2 Å². The van der Waals surface area contributed by atoms with Crippen LogP contribution in [0.3, 0.4) is 0 Å². The highest BCUT2D eigenvalue weighted by Crippen LogP contribution is 2.20. The Labute approximate surface area is 82.1 Å². The summed E-state index contributed by atoms with van der Waals surface area (Å²) in [6, 6.07) is 0. The van der Waals surface area contributed by atoms with Gasteiger partial charge in [0, 0.05) is 13.5 Å². The normalized spacial score (nSPS) is 13.2. The molecule has 13 heavy (non-hydrogen) atoms. The summed E-state index contributed by atoms with van der Waals surface area (Å²) in [5.41, 5.74) is 5.40. The molecule has 0 fully saturated rings. The third-order valence-corrected chi connectivity index (χ3v) is 2.92. The molecule has 4 nitrogen and oxygen atoms in total. The summed E-state index contributed by atoms with van der Waals surface area (Å²) in [5.74, 6) is 0. The van der Waals surface area contributed by atoms with Crippen molar-refractivity contribution in [2.75, 3.05) is 13.7 Å². The summed E-state index contributed by atoms with van der Waals surface area (Å²) >= 11 is 1.60. The standard InChI is InChI=1S/C8H15N3OS/c1-6(12-2)8-11-10-7(13-8)4-3-5-9/h6H,3-5,9H2,1-2H3. The number of rotatable bonds is 5. The maximum Gasteiger partial charge on any atom is 0.146 e. The average Bonchev–Trinajstić information content (AvgIpc) is 2.62. The smallest absolute Gasteiger partial charge is 0.146 e. The second-order valence-corrected chi connectivity index (χ2v) is 3.90. The van der Waals surface area contributed by atoms with Crippen molar-refractivity contribution >= 4 is 11.3 Å². The number of nitrogens with zero attached hydrogens (tertiary/aromatic N) is 2. The molecule has 0 aliphatic carbocycles. The SMILES string of the molecule is COC(C)c1nnc(CCCN)s1. The van der Waals surface area contributed by atoms with Gasteiger partial charge in [0.1, 0.15) is 16.1 Å². The highest BCUT2D eigenvalue weighted by Gasteiger charge is 2.10. The van der Waals surface area contributed by atoms with Crippen molar-refractivity contribution in [3.8, 4) is 0 Å². The molecule has 0 saturated heterocycles. The minimum absolute atomic E-state index is 0.0455. The lowest BCUT2D eigenvalue weighted by Crippen LogP contribution is -1.99. The van der Waals surface area contributed by atoms with E-state index in [1.807, 2.05) is 6.92 Å². The van der Waals surface area contributed by atoms with Crippen LogP contribution < -0.4 is 5.73 Å². The zero-order valence-corrected chi connectivity index (χ0v) is 8.80. The third kappa shape index (κ3) is 3.02. The van der Waals surface area contributed by atoms with Crippen LogP contribution in [0.1, 0.15) is 29.5 Å². The van der Waals surface area contributed by atoms with Gasteiger partial charge in [0.15, 0.2) is 0 Å². The van der Waals surface area contributed by atoms with Crippen molar-refractivity contribution in [1.82, 2.24) is 10.2 Å². The fraction of sp³-hybridized carbons (Fsp3) is 0.750. The quantitative estimate of drug-likeness (QED) is 0.776. The zero-order valence-electron chi connectivity index (χ0n) is 7.99. The predicted octanol–water partition coefficient (Wildman–Crippen LogP) is 1.14. The van der Waals surface area contributed by atoms with E-state index in [4.69, 9.17) is 10.5 Å². The van der Waals surface area contributed by atoms with Crippen LogP contribution >= 0.6 is 11.3 Å². The number of methoxy groups -OCH3 is 1. The molecule has 5 heteroatoms. The van der Waals surface area contributed by atoms with E-state index in [-0.39, 0.29) is 6.10 Å². The summed E-state index contributed by atoms with van der Waals surface area (Å²) in [6.07, 6.45) is 1.93. The number of aryl methyl sites for hydroxylation is 1. The van der Waals surface area contributed by atoms with E-state index in [1.165, 1.54) is 0 Å². The van der Waals surface area contributed by atoms with Crippen molar-refractivity contribution in [2.24, 2.45) is 5.73 Å². The first-order chi connectivity index (χ1) is 6.27. The topological polar surface area (TPSA) is 61.0 Å². The first kappa shape index (κ1) is 10.6. The lowest BCUT2D eigenvalue weighted by atomic mass is 10.3. The Balaban J connectivity index is 2.53. The van der Waals surface area contributed by atoms with Crippen molar-refractivity contribution < 1.29 is 4.74 Å². The molecule has 0 amide bonds. The van der Waals surface area contributed by atoms with Crippen LogP contribution in [0.5, 0.6) is 0 Å². The molecule has 1 unspecified atom stereocenters. The van der Waals surface area contributed by atoms with E-state index in [9.17, 15) is 0 Å². The lowest BCUT2D eigenvalue weighted by Gasteiger charge is -2.01. The molecule has 1 aromatic rings. The molecule has 0 aliphatic rings. The van der Waals surface area contributed by atoms with Gasteiger partial charge in [0.05, 0.1) is 0 Å². The molecule has 0 aliphatic heterocycles. The van der Waals surface area contributed by atoms with Gasteiger partial charge in [0.25, 0.3) is 0 Å². The van der Waals surface area contributed by atoms with Gasteiger partial charge in [0.2, 0.25) is 0 Å². The number of ether oxygens (including phenoxy) is 1. The Hall–Kier alpha value is -0.520. The minimum atomic E-state index is 0.0455. The van der Waals surface area contributed by atoms with Crippen molar-refractivity contribution in [2.45, 2.75) is 25.9 Å². The molecular formula is C8H15N3OS. The monoisotopic (exact) mass is 201 g/mol. The summed E-state index contributed by atoms with van der Waals surface area (Å²) < 4.78 is 5.14. The van der Waals surface area contributed by atoms with Crippen LogP contribution in [0.15, 0.2) is 0 Å². The first-order valence-corrected chi connectivity index (χ1v) is 5.14. The molecule has 1 aromatic heterocycles. The van der Waals surface area contributed by atoms with Crippen LogP contribution in [-0.4, -0.2) is 23.9 Å². The summed E-state index contributed by atoms with van der Waals surface area (Å²) in [5, 5.41) is 10.1. The van der Waals surface area contributed by atoms with E-state index in [1.54, 1.807) is 18.4 Å². The maximum absolute atomic E-state index is 5.40. The van der Waals surface area contributed by atoms with Crippen LogP contribution in [0.25, 0.3) is 0 Å². The average molecular weight is 201 g/mol. The molecular weight excluding hydrogens is 186 g/mol. The summed E-state index contributed by atoms with van der Waals surface area (Å²) in [6.45, 7) is 2.67. The Kier molecular flexibility index (Phi) is 4.27. The number of aromatic nitrogens is 2. The highest BCUT2D eigenvalue weighted by molar-refractivity contribution is 7.11. The number of hydrogen-bond donors (Lipinski definition) is 1. The molecule has 1 atom stereocenters. The van der Waals surface area contributed by atoms with Crippen LogP contribution in [0.4, 0.5) is 0 Å². The lowest BCUT2D eigenvalue weighted by molar-refractivity contribution is 0.118. The van der Waals surface area contributed by atoms with E-state index >= 15 is 0 Å². The molecule has 0 bridgehead atoms. The molecule has 74 valence electrons. The second-order valence-electron chi connectivity index (χ2n) is 2.80. The summed E-state index contributed by atoms with van der Waals surface area (Å²) in [7, 11) is 1.67. The van der Waals surface area contributed by atoms with Gasteiger partial charge in [-0.25, -0.2) is 0 Å². The van der Waals surface area contributed by atoms with Crippen molar-refractivity contribution in [3.05, 3.63) is 10.0 Å². The van der Waals surface area contributed by atoms with Crippen LogP contribution in [0, 0.1) is 0 Å². The van der Waals surface area contributed by atoms with Gasteiger partial charge in [-0.2, -0.15) is 0 Å². The van der Waals surface area contributed by atoms with Gasteiger partial charge < -0.3 is 10.5 Å². The van der Waals surface area contributed by atoms with E-state index in [0.717, 1.165) is 22.9 Å². The fourth-order valence-corrected chi connectivity index (χ4v) is 1.80. The number of nitrogens with two attached hydrogens (primary N) is 1. The molecule has 0 radical (unpaired) electrons. The van der Waals surface area contributed by atoms with E-state index < -0.39 is 0 Å². The molecule has 0 aromatic carbocycles. The zero-order chi connectivity index (χ0) is 9.68. The molecule has 0 saturated carbocycles. The van der Waals surface area contributed by atoms with Crippen molar-refractivity contribution in [3.63, 3.8) is 0 Å². The Morgan fingerprint density at radius 2 is 2.31 bits per heavy atom. The first-order valence-electron chi connectivity index (χ1n) is 4.33. The highest BCUT2D eigenvalue weighted by atomic mass is 32.1. The third-order valence-electron chi connectivity index (χ3n) is 1.78. The minimum Gasteiger partial charge on any atom is -0.374 e. The van der Waals surface area contributed by atoms with Crippen LogP contribution in [0.2, 0.25) is 0 Å². The van der Waals surface area contributed by atoms with Crippen molar-refractivity contribution in [1.29, 1.82) is 0 Å². The fourth-order valence-electron chi connectivity index (χ4n) is 0.886. The molecule has 1 rings (SSSR count). The Bertz CT molecular complexity index is 251. The van der Waals surface area contributed by atoms with Gasteiger partial charge in [-0.3, -0.25) is 0 Å². The predicted molar refractivity (Wildman–Crippen MR) is 52.7 cm³/mol.